The molecule has 3 aliphatic rings. The third-order valence-electron chi connectivity index (χ3n) is 7.32. The number of hydrogen-bond donors (Lipinski definition) is 1. The van der Waals surface area contributed by atoms with Crippen LogP contribution in [0.5, 0.6) is 0 Å². The van der Waals surface area contributed by atoms with Gasteiger partial charge in [-0.1, -0.05) is 0 Å². The maximum Gasteiger partial charge on any atom is 0.433 e. The molecule has 9 nitrogen and oxygen atoms in total. The first-order valence-corrected chi connectivity index (χ1v) is 12.1. The van der Waals surface area contributed by atoms with Crippen LogP contribution in [-0.4, -0.2) is 99.2 Å². The van der Waals surface area contributed by atoms with E-state index in [4.69, 9.17) is 14.2 Å². The van der Waals surface area contributed by atoms with Crippen LogP contribution in [0.4, 0.5) is 19.1 Å². The first kappa shape index (κ1) is 26.1. The van der Waals surface area contributed by atoms with Crippen molar-refractivity contribution >= 4 is 11.9 Å². The van der Waals surface area contributed by atoms with Crippen LogP contribution in [0.3, 0.4) is 0 Å². The molecule has 1 aromatic rings. The normalized spacial score (nSPS) is 30.0. The van der Waals surface area contributed by atoms with Crippen molar-refractivity contribution in [3.63, 3.8) is 0 Å². The van der Waals surface area contributed by atoms with E-state index in [1.165, 1.54) is 0 Å². The summed E-state index contributed by atoms with van der Waals surface area (Å²) in [7, 11) is 3.30. The van der Waals surface area contributed by atoms with Gasteiger partial charge in [0.25, 0.3) is 0 Å². The van der Waals surface area contributed by atoms with Crippen molar-refractivity contribution in [1.29, 1.82) is 0 Å². The first-order chi connectivity index (χ1) is 16.8. The predicted octanol–water partition coefficient (Wildman–Crippen LogP) is 1.72. The Balaban J connectivity index is 1.37. The van der Waals surface area contributed by atoms with E-state index in [1.54, 1.807) is 24.0 Å². The molecule has 196 valence electrons. The molecule has 1 saturated carbocycles. The SMILES string of the molecule is COCC1(C(=O)N2CCN(c3nccc(C(F)(F)F)n3)CC2)CC[C@@H](N[C@@H]2CCOC[C@H]2OC)C1. The number of aromatic nitrogens is 2. The molecule has 1 aromatic heterocycles. The molecule has 0 spiro atoms. The Kier molecular flexibility index (Phi) is 8.14. The number of carbonyl (C=O) groups is 1. The molecule has 12 heteroatoms. The van der Waals surface area contributed by atoms with E-state index in [0.717, 1.165) is 31.5 Å². The highest BCUT2D eigenvalue weighted by Gasteiger charge is 2.48. The van der Waals surface area contributed by atoms with Crippen LogP contribution in [0.1, 0.15) is 31.4 Å². The largest absolute Gasteiger partial charge is 0.433 e. The Morgan fingerprint density at radius 3 is 2.71 bits per heavy atom. The minimum atomic E-state index is -4.52. The predicted molar refractivity (Wildman–Crippen MR) is 121 cm³/mol. The molecule has 2 aliphatic heterocycles. The number of amides is 1. The molecular formula is C23H34F3N5O4. The van der Waals surface area contributed by atoms with Crippen LogP contribution in [0.2, 0.25) is 0 Å². The number of piperazine rings is 1. The maximum absolute atomic E-state index is 13.7. The zero-order valence-electron chi connectivity index (χ0n) is 20.2. The molecule has 1 N–H and O–H groups in total. The Morgan fingerprint density at radius 2 is 2.03 bits per heavy atom. The van der Waals surface area contributed by atoms with E-state index in [2.05, 4.69) is 15.3 Å². The molecule has 1 amide bonds. The molecule has 0 aromatic carbocycles. The summed E-state index contributed by atoms with van der Waals surface area (Å²) in [5.74, 6) is 0.0800. The third-order valence-corrected chi connectivity index (χ3v) is 7.32. The summed E-state index contributed by atoms with van der Waals surface area (Å²) in [6.45, 7) is 3.11. The van der Waals surface area contributed by atoms with Gasteiger partial charge in [-0.2, -0.15) is 13.2 Å². The molecule has 3 heterocycles. The van der Waals surface area contributed by atoms with Gasteiger partial charge in [0.15, 0.2) is 0 Å². The van der Waals surface area contributed by atoms with Crippen molar-refractivity contribution in [3.05, 3.63) is 18.0 Å². The second kappa shape index (κ2) is 10.9. The summed E-state index contributed by atoms with van der Waals surface area (Å²) < 4.78 is 55.6. The lowest BCUT2D eigenvalue weighted by Crippen LogP contribution is -2.55. The molecule has 0 bridgehead atoms. The van der Waals surface area contributed by atoms with Gasteiger partial charge in [-0.25, -0.2) is 9.97 Å². The standard InChI is InChI=1S/C23H34F3N5O4/c1-33-15-22(6-3-16(13-22)28-17-5-12-35-14-18(17)34-2)20(32)30-8-10-31(11-9-30)21-27-7-4-19(29-21)23(24,25)26/h4,7,16-18,28H,3,5-6,8-15H2,1-2H3/t16-,17-,18-,22?/m1/s1. The van der Waals surface area contributed by atoms with Gasteiger partial charge in [0.2, 0.25) is 11.9 Å². The van der Waals surface area contributed by atoms with E-state index >= 15 is 0 Å². The number of nitrogens with zero attached hydrogens (tertiary/aromatic N) is 4. The summed E-state index contributed by atoms with van der Waals surface area (Å²) in [6.07, 6.45) is -0.305. The van der Waals surface area contributed by atoms with Gasteiger partial charge in [-0.05, 0) is 31.7 Å². The molecule has 1 unspecified atom stereocenters. The number of halogens is 3. The fourth-order valence-electron chi connectivity index (χ4n) is 5.47. The van der Waals surface area contributed by atoms with E-state index in [1.807, 2.05) is 0 Å². The summed E-state index contributed by atoms with van der Waals surface area (Å²) in [4.78, 5) is 24.9. The molecule has 35 heavy (non-hydrogen) atoms. The molecule has 3 fully saturated rings. The topological polar surface area (TPSA) is 89.1 Å². The smallest absolute Gasteiger partial charge is 0.384 e. The summed E-state index contributed by atoms with van der Waals surface area (Å²) in [5.41, 5.74) is -1.58. The lowest BCUT2D eigenvalue weighted by molar-refractivity contribution is -0.145. The van der Waals surface area contributed by atoms with Crippen LogP contribution >= 0.6 is 0 Å². The van der Waals surface area contributed by atoms with E-state index in [-0.39, 0.29) is 30.0 Å². The number of alkyl halides is 3. The molecule has 4 atom stereocenters. The van der Waals surface area contributed by atoms with E-state index in [9.17, 15) is 18.0 Å². The molecule has 4 rings (SSSR count). The van der Waals surface area contributed by atoms with Gasteiger partial charge < -0.3 is 29.3 Å². The zero-order chi connectivity index (χ0) is 25.1. The van der Waals surface area contributed by atoms with Crippen molar-refractivity contribution in [1.82, 2.24) is 20.2 Å². The van der Waals surface area contributed by atoms with E-state index in [0.29, 0.717) is 52.4 Å². The van der Waals surface area contributed by atoms with Crippen molar-refractivity contribution < 1.29 is 32.2 Å². The van der Waals surface area contributed by atoms with Gasteiger partial charge in [-0.3, -0.25) is 4.79 Å². The minimum absolute atomic E-state index is 0.0111. The number of rotatable bonds is 7. The third kappa shape index (κ3) is 5.87. The minimum Gasteiger partial charge on any atom is -0.384 e. The van der Waals surface area contributed by atoms with Crippen LogP contribution in [0, 0.1) is 5.41 Å². The highest BCUT2D eigenvalue weighted by atomic mass is 19.4. The van der Waals surface area contributed by atoms with Crippen molar-refractivity contribution in [3.8, 4) is 0 Å². The number of ether oxygens (including phenoxy) is 3. The zero-order valence-corrected chi connectivity index (χ0v) is 20.2. The Bertz CT molecular complexity index is 868. The second-order valence-electron chi connectivity index (χ2n) is 9.58. The van der Waals surface area contributed by atoms with Gasteiger partial charge in [0.1, 0.15) is 5.69 Å². The number of anilines is 1. The second-order valence-corrected chi connectivity index (χ2v) is 9.58. The fourth-order valence-corrected chi connectivity index (χ4v) is 5.47. The summed E-state index contributed by atoms with van der Waals surface area (Å²) >= 11 is 0. The Hall–Kier alpha value is -2.02. The van der Waals surface area contributed by atoms with Crippen LogP contribution < -0.4 is 10.2 Å². The monoisotopic (exact) mass is 501 g/mol. The summed E-state index contributed by atoms with van der Waals surface area (Å²) in [5, 5.41) is 3.69. The highest BCUT2D eigenvalue weighted by Crippen LogP contribution is 2.41. The highest BCUT2D eigenvalue weighted by molar-refractivity contribution is 5.83. The Morgan fingerprint density at radius 1 is 1.26 bits per heavy atom. The number of carbonyl (C=O) groups excluding carboxylic acids is 1. The van der Waals surface area contributed by atoms with Gasteiger partial charge in [0.05, 0.1) is 24.7 Å². The van der Waals surface area contributed by atoms with Gasteiger partial charge in [0, 0.05) is 65.3 Å². The molecular weight excluding hydrogens is 467 g/mol. The van der Waals surface area contributed by atoms with E-state index < -0.39 is 17.3 Å². The molecule has 0 radical (unpaired) electrons. The lowest BCUT2D eigenvalue weighted by Gasteiger charge is -2.40. The van der Waals surface area contributed by atoms with Crippen molar-refractivity contribution in [2.24, 2.45) is 5.41 Å². The van der Waals surface area contributed by atoms with Crippen LogP contribution in [-0.2, 0) is 25.2 Å². The van der Waals surface area contributed by atoms with Crippen molar-refractivity contribution in [2.45, 2.75) is 50.0 Å². The van der Waals surface area contributed by atoms with Gasteiger partial charge in [-0.15, -0.1) is 0 Å². The average Bonchev–Trinajstić information content (AvgIpc) is 3.27. The summed E-state index contributed by atoms with van der Waals surface area (Å²) in [6, 6.07) is 1.22. The fraction of sp³-hybridized carbons (Fsp3) is 0.783. The number of methoxy groups -OCH3 is 2. The molecule has 1 aliphatic carbocycles. The average molecular weight is 502 g/mol. The maximum atomic E-state index is 13.7. The van der Waals surface area contributed by atoms with Crippen LogP contribution in [0.15, 0.2) is 12.3 Å². The lowest BCUT2D eigenvalue weighted by atomic mass is 9.84. The van der Waals surface area contributed by atoms with Crippen molar-refractivity contribution in [2.75, 3.05) is 65.1 Å². The number of nitrogens with one attached hydrogen (secondary N) is 1. The van der Waals surface area contributed by atoms with Gasteiger partial charge >= 0.3 is 6.18 Å². The Labute approximate surface area is 203 Å². The van der Waals surface area contributed by atoms with Crippen LogP contribution in [0.25, 0.3) is 0 Å². The quantitative estimate of drug-likeness (QED) is 0.605. The number of hydrogen-bond acceptors (Lipinski definition) is 8. The molecule has 2 saturated heterocycles. The first-order valence-electron chi connectivity index (χ1n) is 12.1.